The van der Waals surface area contributed by atoms with Crippen LogP contribution in [0.4, 0.5) is 0 Å². The monoisotopic (exact) mass is 120 g/mol. The third-order valence-corrected chi connectivity index (χ3v) is 1.13. The fourth-order valence-corrected chi connectivity index (χ4v) is 0.582. The Bertz CT molecular complexity index is 161. The van der Waals surface area contributed by atoms with E-state index in [-0.39, 0.29) is 5.44 Å². The van der Waals surface area contributed by atoms with Crippen LogP contribution in [-0.4, -0.2) is 25.7 Å². The molecule has 0 aromatic carbocycles. The molecular weight excluding hydrogens is 111 g/mol. The molecule has 1 aliphatic rings. The minimum Gasteiger partial charge on any atom is -0.290 e. The molecule has 46 valence electrons. The largest absolute Gasteiger partial charge is 0.290 e. The summed E-state index contributed by atoms with van der Waals surface area (Å²) in [6.45, 7) is 2.04. The van der Waals surface area contributed by atoms with Gasteiger partial charge in [0.25, 0.3) is 0 Å². The van der Waals surface area contributed by atoms with Crippen molar-refractivity contribution in [3.63, 3.8) is 0 Å². The van der Waals surface area contributed by atoms with Crippen LogP contribution in [0, 0.1) is 0 Å². The Morgan fingerprint density at radius 2 is 2.22 bits per heavy atom. The lowest BCUT2D eigenvalue weighted by Crippen LogP contribution is -2.17. The SMILES string of the molecule is BC1(C)C=CN=CC=N1. The van der Waals surface area contributed by atoms with Gasteiger partial charge >= 0.3 is 0 Å². The summed E-state index contributed by atoms with van der Waals surface area (Å²) in [4.78, 5) is 8.11. The molecule has 1 rings (SSSR count). The van der Waals surface area contributed by atoms with Crippen LogP contribution in [0.3, 0.4) is 0 Å². The van der Waals surface area contributed by atoms with E-state index in [9.17, 15) is 0 Å². The van der Waals surface area contributed by atoms with E-state index in [4.69, 9.17) is 0 Å². The van der Waals surface area contributed by atoms with E-state index in [1.54, 1.807) is 18.6 Å². The first-order chi connectivity index (χ1) is 4.21. The summed E-state index contributed by atoms with van der Waals surface area (Å²) in [6, 6.07) is 0. The molecule has 0 bridgehead atoms. The first-order valence-corrected chi connectivity index (χ1v) is 2.95. The maximum absolute atomic E-state index is 4.19. The van der Waals surface area contributed by atoms with Crippen molar-refractivity contribution in [2.24, 2.45) is 9.98 Å². The highest BCUT2D eigenvalue weighted by molar-refractivity contribution is 6.21. The van der Waals surface area contributed by atoms with E-state index in [1.807, 2.05) is 20.8 Å². The second-order valence-electron chi connectivity index (χ2n) is 2.55. The average molecular weight is 120 g/mol. The zero-order valence-corrected chi connectivity index (χ0v) is 5.70. The van der Waals surface area contributed by atoms with Gasteiger partial charge in [-0.05, 0) is 13.0 Å². The number of hydrogen-bond donors (Lipinski definition) is 0. The normalized spacial score (nSPS) is 32.6. The van der Waals surface area contributed by atoms with Gasteiger partial charge in [0.1, 0.15) is 7.85 Å². The first kappa shape index (κ1) is 6.27. The molecule has 0 fully saturated rings. The lowest BCUT2D eigenvalue weighted by molar-refractivity contribution is 0.838. The molecule has 9 heavy (non-hydrogen) atoms. The molecule has 0 spiro atoms. The molecular formula is C6H9BN2. The van der Waals surface area contributed by atoms with Gasteiger partial charge in [0.05, 0.1) is 0 Å². The predicted octanol–water partition coefficient (Wildman–Crippen LogP) is 0.00460. The molecule has 1 heterocycles. The maximum atomic E-state index is 4.19. The van der Waals surface area contributed by atoms with Crippen LogP contribution in [0.2, 0.25) is 0 Å². The van der Waals surface area contributed by atoms with Crippen LogP contribution >= 0.6 is 0 Å². The van der Waals surface area contributed by atoms with E-state index in [0.29, 0.717) is 0 Å². The lowest BCUT2D eigenvalue weighted by Gasteiger charge is -2.10. The highest BCUT2D eigenvalue weighted by Crippen LogP contribution is 2.06. The van der Waals surface area contributed by atoms with Crippen LogP contribution in [0.15, 0.2) is 22.3 Å². The number of aliphatic imine (C=N–C) groups is 2. The summed E-state index contributed by atoms with van der Waals surface area (Å²) in [7, 11) is 2.04. The van der Waals surface area contributed by atoms with E-state index < -0.39 is 0 Å². The third kappa shape index (κ3) is 1.84. The van der Waals surface area contributed by atoms with Crippen molar-refractivity contribution < 1.29 is 0 Å². The van der Waals surface area contributed by atoms with Crippen molar-refractivity contribution in [3.8, 4) is 0 Å². The van der Waals surface area contributed by atoms with Crippen LogP contribution in [0.1, 0.15) is 6.92 Å². The zero-order chi connectivity index (χ0) is 6.74. The number of hydrogen-bond acceptors (Lipinski definition) is 2. The Labute approximate surface area is 55.8 Å². The quantitative estimate of drug-likeness (QED) is 0.402. The molecule has 1 unspecified atom stereocenters. The summed E-state index contributed by atoms with van der Waals surface area (Å²) in [6.07, 6.45) is 7.14. The van der Waals surface area contributed by atoms with Gasteiger partial charge in [-0.2, -0.15) is 0 Å². The molecule has 0 N–H and O–H groups in total. The van der Waals surface area contributed by atoms with Gasteiger partial charge in [-0.3, -0.25) is 9.98 Å². The van der Waals surface area contributed by atoms with Gasteiger partial charge < -0.3 is 0 Å². The van der Waals surface area contributed by atoms with Crippen molar-refractivity contribution >= 4 is 20.3 Å². The fourth-order valence-electron chi connectivity index (χ4n) is 0.582. The molecule has 3 heteroatoms. The van der Waals surface area contributed by atoms with Crippen molar-refractivity contribution in [1.29, 1.82) is 0 Å². The predicted molar refractivity (Wildman–Crippen MR) is 43.1 cm³/mol. The van der Waals surface area contributed by atoms with Crippen molar-refractivity contribution in [3.05, 3.63) is 12.3 Å². The molecule has 0 radical (unpaired) electrons. The summed E-state index contributed by atoms with van der Waals surface area (Å²) >= 11 is 0. The van der Waals surface area contributed by atoms with Crippen molar-refractivity contribution in [2.75, 3.05) is 0 Å². The zero-order valence-electron chi connectivity index (χ0n) is 5.70. The molecule has 0 aromatic rings. The van der Waals surface area contributed by atoms with Gasteiger partial charge in [0, 0.05) is 24.1 Å². The molecule has 0 aromatic heterocycles. The van der Waals surface area contributed by atoms with Gasteiger partial charge in [0.2, 0.25) is 0 Å². The third-order valence-electron chi connectivity index (χ3n) is 1.13. The molecule has 0 aliphatic carbocycles. The topological polar surface area (TPSA) is 24.7 Å². The molecule has 0 amide bonds. The van der Waals surface area contributed by atoms with Crippen molar-refractivity contribution in [2.45, 2.75) is 12.4 Å². The summed E-state index contributed by atoms with van der Waals surface area (Å²) in [5.41, 5.74) is -0.0729. The van der Waals surface area contributed by atoms with Crippen LogP contribution in [-0.2, 0) is 0 Å². The Morgan fingerprint density at radius 1 is 1.44 bits per heavy atom. The number of rotatable bonds is 0. The van der Waals surface area contributed by atoms with E-state index in [0.717, 1.165) is 0 Å². The molecule has 0 saturated heterocycles. The van der Waals surface area contributed by atoms with E-state index in [1.165, 1.54) is 0 Å². The Morgan fingerprint density at radius 3 is 3.00 bits per heavy atom. The van der Waals surface area contributed by atoms with Gasteiger partial charge in [0.15, 0.2) is 0 Å². The first-order valence-electron chi connectivity index (χ1n) is 2.95. The number of nitrogens with zero attached hydrogens (tertiary/aromatic N) is 2. The fraction of sp³-hybridized carbons (Fsp3) is 0.333. The minimum atomic E-state index is -0.0729. The second-order valence-corrected chi connectivity index (χ2v) is 2.55. The summed E-state index contributed by atoms with van der Waals surface area (Å²) in [5.74, 6) is 0. The smallest absolute Gasteiger partial charge is 0.142 e. The summed E-state index contributed by atoms with van der Waals surface area (Å²) in [5, 5.41) is 0. The Hall–Kier alpha value is -0.855. The van der Waals surface area contributed by atoms with Gasteiger partial charge in [-0.25, -0.2) is 0 Å². The lowest BCUT2D eigenvalue weighted by atomic mass is 9.80. The second kappa shape index (κ2) is 2.17. The van der Waals surface area contributed by atoms with Crippen LogP contribution < -0.4 is 0 Å². The van der Waals surface area contributed by atoms with Gasteiger partial charge in [-0.1, -0.05) is 0 Å². The van der Waals surface area contributed by atoms with Crippen molar-refractivity contribution in [1.82, 2.24) is 0 Å². The Kier molecular flexibility index (Phi) is 1.51. The van der Waals surface area contributed by atoms with Crippen LogP contribution in [0.5, 0.6) is 0 Å². The minimum absolute atomic E-state index is 0.0729. The maximum Gasteiger partial charge on any atom is 0.142 e. The van der Waals surface area contributed by atoms with E-state index >= 15 is 0 Å². The molecule has 1 aliphatic heterocycles. The molecule has 2 nitrogen and oxygen atoms in total. The standard InChI is InChI=1S/C6H9BN2/c1-6(7)2-3-8-4-5-9-6/h2-5H,7H2,1H3. The van der Waals surface area contributed by atoms with E-state index in [2.05, 4.69) is 9.98 Å². The molecule has 0 saturated carbocycles. The Balaban J connectivity index is 2.82. The van der Waals surface area contributed by atoms with Crippen LogP contribution in [0.25, 0.3) is 0 Å². The molecule has 1 atom stereocenters. The summed E-state index contributed by atoms with van der Waals surface area (Å²) < 4.78 is 0. The highest BCUT2D eigenvalue weighted by atomic mass is 14.8. The highest BCUT2D eigenvalue weighted by Gasteiger charge is 2.09. The average Bonchev–Trinajstić information content (AvgIpc) is 1.92. The van der Waals surface area contributed by atoms with Gasteiger partial charge in [-0.15, -0.1) is 0 Å².